The topological polar surface area (TPSA) is 24.9 Å². The SMILES string of the molecule is CC1CCC(NCCCc2cccnc2)CC1. The first-order chi connectivity index (χ1) is 8.34. The molecule has 0 unspecified atom stereocenters. The molecule has 1 saturated carbocycles. The molecule has 0 saturated heterocycles. The standard InChI is InChI=1S/C15H24N2/c1-13-6-8-15(9-7-13)17-11-3-5-14-4-2-10-16-12-14/h2,4,10,12-13,15,17H,3,5-9,11H2,1H3. The molecule has 1 aliphatic rings. The van der Waals surface area contributed by atoms with Crippen LogP contribution in [0.15, 0.2) is 24.5 Å². The molecule has 1 aliphatic carbocycles. The predicted molar refractivity (Wildman–Crippen MR) is 72.0 cm³/mol. The Morgan fingerprint density at radius 3 is 2.82 bits per heavy atom. The summed E-state index contributed by atoms with van der Waals surface area (Å²) in [6.07, 6.45) is 11.7. The molecule has 1 aromatic heterocycles. The van der Waals surface area contributed by atoms with Crippen molar-refractivity contribution in [2.24, 2.45) is 5.92 Å². The van der Waals surface area contributed by atoms with Crippen molar-refractivity contribution >= 4 is 0 Å². The van der Waals surface area contributed by atoms with Gasteiger partial charge in [-0.1, -0.05) is 13.0 Å². The minimum Gasteiger partial charge on any atom is -0.314 e. The molecule has 0 aliphatic heterocycles. The first kappa shape index (κ1) is 12.6. The van der Waals surface area contributed by atoms with Crippen molar-refractivity contribution in [3.05, 3.63) is 30.1 Å². The lowest BCUT2D eigenvalue weighted by molar-refractivity contribution is 0.307. The van der Waals surface area contributed by atoms with Gasteiger partial charge in [-0.25, -0.2) is 0 Å². The van der Waals surface area contributed by atoms with E-state index in [0.29, 0.717) is 0 Å². The Morgan fingerprint density at radius 1 is 1.29 bits per heavy atom. The van der Waals surface area contributed by atoms with Crippen LogP contribution in [0.5, 0.6) is 0 Å². The molecule has 1 aromatic rings. The molecule has 0 spiro atoms. The van der Waals surface area contributed by atoms with E-state index in [1.807, 2.05) is 18.5 Å². The number of rotatable bonds is 5. The molecule has 17 heavy (non-hydrogen) atoms. The summed E-state index contributed by atoms with van der Waals surface area (Å²) >= 11 is 0. The lowest BCUT2D eigenvalue weighted by Crippen LogP contribution is -2.33. The minimum absolute atomic E-state index is 0.778. The normalized spacial score (nSPS) is 24.8. The van der Waals surface area contributed by atoms with E-state index in [2.05, 4.69) is 23.3 Å². The van der Waals surface area contributed by atoms with Gasteiger partial charge in [0.15, 0.2) is 0 Å². The second-order valence-corrected chi connectivity index (χ2v) is 5.38. The zero-order valence-corrected chi connectivity index (χ0v) is 10.9. The summed E-state index contributed by atoms with van der Waals surface area (Å²) in [6, 6.07) is 4.96. The van der Waals surface area contributed by atoms with Crippen LogP contribution in [0, 0.1) is 5.92 Å². The minimum atomic E-state index is 0.778. The molecule has 0 bridgehead atoms. The molecule has 1 fully saturated rings. The molecule has 2 rings (SSSR count). The van der Waals surface area contributed by atoms with E-state index in [9.17, 15) is 0 Å². The lowest BCUT2D eigenvalue weighted by atomic mass is 9.87. The maximum absolute atomic E-state index is 4.14. The van der Waals surface area contributed by atoms with Crippen LogP contribution in [0.4, 0.5) is 0 Å². The Kier molecular flexibility index (Phi) is 4.99. The van der Waals surface area contributed by atoms with Crippen molar-refractivity contribution in [1.29, 1.82) is 0 Å². The monoisotopic (exact) mass is 232 g/mol. The number of aromatic nitrogens is 1. The molecule has 0 radical (unpaired) electrons. The highest BCUT2D eigenvalue weighted by Crippen LogP contribution is 2.23. The Bertz CT molecular complexity index is 302. The maximum Gasteiger partial charge on any atom is 0.0299 e. The highest BCUT2D eigenvalue weighted by molar-refractivity contribution is 5.08. The van der Waals surface area contributed by atoms with Crippen LogP contribution in [-0.2, 0) is 6.42 Å². The number of aryl methyl sites for hydroxylation is 1. The summed E-state index contributed by atoms with van der Waals surface area (Å²) in [4.78, 5) is 4.14. The number of hydrogen-bond donors (Lipinski definition) is 1. The van der Waals surface area contributed by atoms with Crippen LogP contribution in [0.25, 0.3) is 0 Å². The lowest BCUT2D eigenvalue weighted by Gasteiger charge is -2.27. The maximum atomic E-state index is 4.14. The highest BCUT2D eigenvalue weighted by Gasteiger charge is 2.16. The van der Waals surface area contributed by atoms with E-state index in [-0.39, 0.29) is 0 Å². The Labute approximate surface area is 105 Å². The third kappa shape index (κ3) is 4.47. The fraction of sp³-hybridized carbons (Fsp3) is 0.667. The summed E-state index contributed by atoms with van der Waals surface area (Å²) in [5, 5.41) is 3.69. The zero-order valence-electron chi connectivity index (χ0n) is 10.9. The largest absolute Gasteiger partial charge is 0.314 e. The predicted octanol–water partition coefficient (Wildman–Crippen LogP) is 3.18. The number of hydrogen-bond acceptors (Lipinski definition) is 2. The van der Waals surface area contributed by atoms with Crippen molar-refractivity contribution in [2.45, 2.75) is 51.5 Å². The van der Waals surface area contributed by atoms with Gasteiger partial charge in [0.2, 0.25) is 0 Å². The van der Waals surface area contributed by atoms with Gasteiger partial charge in [0.25, 0.3) is 0 Å². The smallest absolute Gasteiger partial charge is 0.0299 e. The Hall–Kier alpha value is -0.890. The van der Waals surface area contributed by atoms with Gasteiger partial charge in [0, 0.05) is 18.4 Å². The van der Waals surface area contributed by atoms with Crippen LogP contribution in [0.3, 0.4) is 0 Å². The molecule has 1 heterocycles. The van der Waals surface area contributed by atoms with Crippen LogP contribution < -0.4 is 5.32 Å². The van der Waals surface area contributed by atoms with E-state index in [4.69, 9.17) is 0 Å². The molecule has 0 amide bonds. The van der Waals surface area contributed by atoms with Gasteiger partial charge in [0.05, 0.1) is 0 Å². The van der Waals surface area contributed by atoms with Gasteiger partial charge < -0.3 is 5.32 Å². The van der Waals surface area contributed by atoms with Crippen molar-refractivity contribution < 1.29 is 0 Å². The molecule has 94 valence electrons. The quantitative estimate of drug-likeness (QED) is 0.789. The average Bonchev–Trinajstić information content (AvgIpc) is 2.38. The average molecular weight is 232 g/mol. The molecule has 1 N–H and O–H groups in total. The van der Waals surface area contributed by atoms with Crippen LogP contribution >= 0.6 is 0 Å². The fourth-order valence-corrected chi connectivity index (χ4v) is 2.61. The van der Waals surface area contributed by atoms with E-state index in [0.717, 1.165) is 24.9 Å². The van der Waals surface area contributed by atoms with Crippen LogP contribution in [0.2, 0.25) is 0 Å². The summed E-state index contributed by atoms with van der Waals surface area (Å²) in [5.41, 5.74) is 1.35. The summed E-state index contributed by atoms with van der Waals surface area (Å²) < 4.78 is 0. The van der Waals surface area contributed by atoms with Gasteiger partial charge in [-0.2, -0.15) is 0 Å². The molecule has 0 atom stereocenters. The Balaban J connectivity index is 1.57. The first-order valence-corrected chi connectivity index (χ1v) is 6.97. The summed E-state index contributed by atoms with van der Waals surface area (Å²) in [7, 11) is 0. The van der Waals surface area contributed by atoms with Crippen LogP contribution in [0.1, 0.15) is 44.6 Å². The van der Waals surface area contributed by atoms with Crippen molar-refractivity contribution in [3.8, 4) is 0 Å². The van der Waals surface area contributed by atoms with E-state index < -0.39 is 0 Å². The second kappa shape index (κ2) is 6.75. The van der Waals surface area contributed by atoms with Crippen molar-refractivity contribution in [3.63, 3.8) is 0 Å². The van der Waals surface area contributed by atoms with Gasteiger partial charge in [-0.15, -0.1) is 0 Å². The zero-order chi connectivity index (χ0) is 11.9. The number of nitrogens with zero attached hydrogens (tertiary/aromatic N) is 1. The van der Waals surface area contributed by atoms with Crippen molar-refractivity contribution in [2.75, 3.05) is 6.54 Å². The third-order valence-corrected chi connectivity index (χ3v) is 3.81. The molecule has 2 nitrogen and oxygen atoms in total. The summed E-state index contributed by atoms with van der Waals surface area (Å²) in [6.45, 7) is 3.52. The third-order valence-electron chi connectivity index (χ3n) is 3.81. The van der Waals surface area contributed by atoms with Gasteiger partial charge in [-0.3, -0.25) is 4.98 Å². The molecular weight excluding hydrogens is 208 g/mol. The van der Waals surface area contributed by atoms with Gasteiger partial charge >= 0.3 is 0 Å². The Morgan fingerprint density at radius 2 is 2.12 bits per heavy atom. The van der Waals surface area contributed by atoms with E-state index >= 15 is 0 Å². The van der Waals surface area contributed by atoms with Gasteiger partial charge in [-0.05, 0) is 62.6 Å². The number of pyridine rings is 1. The highest BCUT2D eigenvalue weighted by atomic mass is 14.9. The van der Waals surface area contributed by atoms with Crippen LogP contribution in [-0.4, -0.2) is 17.6 Å². The van der Waals surface area contributed by atoms with Crippen molar-refractivity contribution in [1.82, 2.24) is 10.3 Å². The molecular formula is C15H24N2. The first-order valence-electron chi connectivity index (χ1n) is 6.97. The second-order valence-electron chi connectivity index (χ2n) is 5.38. The molecule has 2 heteroatoms. The molecule has 0 aromatic carbocycles. The number of nitrogens with one attached hydrogen (secondary N) is 1. The van der Waals surface area contributed by atoms with Gasteiger partial charge in [0.1, 0.15) is 0 Å². The summed E-state index contributed by atoms with van der Waals surface area (Å²) in [5.74, 6) is 0.948. The van der Waals surface area contributed by atoms with E-state index in [1.165, 1.54) is 37.7 Å². The van der Waals surface area contributed by atoms with E-state index in [1.54, 1.807) is 0 Å². The fourth-order valence-electron chi connectivity index (χ4n) is 2.61.